The summed E-state index contributed by atoms with van der Waals surface area (Å²) in [5, 5.41) is 0. The molecular formula is C28H33N2NaO8S2. The van der Waals surface area contributed by atoms with Gasteiger partial charge in [0, 0.05) is 42.0 Å². The SMILES string of the molecule is CCOC(=O)CCCC1(C)C(C=CC=C(N)c2ccccc2)=[N+](CCCS(=O)(=O)[O-])c2ccc(S(=O)(=O)[O-])cc21.[Na+]. The van der Waals surface area contributed by atoms with E-state index in [9.17, 15) is 30.7 Å². The molecular weight excluding hydrogens is 579 g/mol. The Morgan fingerprint density at radius 1 is 1.07 bits per heavy atom. The molecule has 1 aliphatic rings. The first-order valence-electron chi connectivity index (χ1n) is 12.8. The molecule has 0 saturated carbocycles. The molecule has 1 heterocycles. The third-order valence-electron chi connectivity index (χ3n) is 6.77. The normalized spacial score (nSPS) is 17.4. The van der Waals surface area contributed by atoms with E-state index in [-0.39, 0.29) is 61.5 Å². The summed E-state index contributed by atoms with van der Waals surface area (Å²) in [6.07, 6.45) is 6.15. The largest absolute Gasteiger partial charge is 1.00 e. The molecule has 1 atom stereocenters. The summed E-state index contributed by atoms with van der Waals surface area (Å²) in [6.45, 7) is 3.97. The van der Waals surface area contributed by atoms with Crippen molar-refractivity contribution in [1.82, 2.24) is 0 Å². The molecule has 0 aromatic heterocycles. The van der Waals surface area contributed by atoms with Crippen molar-refractivity contribution >= 4 is 43.3 Å². The summed E-state index contributed by atoms with van der Waals surface area (Å²) in [5.41, 5.74) is 8.47. The molecule has 216 valence electrons. The fraction of sp³-hybridized carbons (Fsp3) is 0.357. The van der Waals surface area contributed by atoms with Gasteiger partial charge >= 0.3 is 35.5 Å². The predicted molar refractivity (Wildman–Crippen MR) is 149 cm³/mol. The van der Waals surface area contributed by atoms with Crippen LogP contribution in [0.25, 0.3) is 5.70 Å². The second-order valence-electron chi connectivity index (χ2n) is 9.62. The number of esters is 1. The van der Waals surface area contributed by atoms with Gasteiger partial charge in [0.15, 0.2) is 5.71 Å². The summed E-state index contributed by atoms with van der Waals surface area (Å²) in [6, 6.07) is 13.3. The van der Waals surface area contributed by atoms with Crippen LogP contribution in [0.4, 0.5) is 5.69 Å². The van der Waals surface area contributed by atoms with Gasteiger partial charge in [-0.2, -0.15) is 4.58 Å². The van der Waals surface area contributed by atoms with Crippen LogP contribution < -0.4 is 35.3 Å². The summed E-state index contributed by atoms with van der Waals surface area (Å²) in [7, 11) is -9.22. The number of hydrogen-bond donors (Lipinski definition) is 1. The molecule has 0 fully saturated rings. The zero-order valence-electron chi connectivity index (χ0n) is 23.4. The van der Waals surface area contributed by atoms with Crippen molar-refractivity contribution in [3.63, 3.8) is 0 Å². The number of ether oxygens (including phenoxy) is 1. The molecule has 2 aromatic rings. The van der Waals surface area contributed by atoms with E-state index in [0.29, 0.717) is 35.5 Å². The van der Waals surface area contributed by atoms with Crippen molar-refractivity contribution in [3.8, 4) is 0 Å². The molecule has 0 saturated heterocycles. The summed E-state index contributed by atoms with van der Waals surface area (Å²) < 4.78 is 76.3. The Kier molecular flexibility index (Phi) is 12.5. The smallest absolute Gasteiger partial charge is 0.748 e. The van der Waals surface area contributed by atoms with Crippen LogP contribution in [0, 0.1) is 0 Å². The van der Waals surface area contributed by atoms with Gasteiger partial charge in [-0.05, 0) is 50.5 Å². The number of allylic oxidation sites excluding steroid dienone is 3. The first-order valence-corrected chi connectivity index (χ1v) is 15.8. The van der Waals surface area contributed by atoms with E-state index in [1.807, 2.05) is 41.8 Å². The molecule has 0 bridgehead atoms. The zero-order valence-corrected chi connectivity index (χ0v) is 27.0. The monoisotopic (exact) mass is 612 g/mol. The van der Waals surface area contributed by atoms with Crippen molar-refractivity contribution in [1.29, 1.82) is 0 Å². The fourth-order valence-corrected chi connectivity index (χ4v) is 5.86. The van der Waals surface area contributed by atoms with Gasteiger partial charge < -0.3 is 19.6 Å². The molecule has 2 N–H and O–H groups in total. The molecule has 2 aromatic carbocycles. The maximum Gasteiger partial charge on any atom is 1.00 e. The second-order valence-corrected chi connectivity index (χ2v) is 12.5. The third-order valence-corrected chi connectivity index (χ3v) is 8.39. The summed E-state index contributed by atoms with van der Waals surface area (Å²) in [4.78, 5) is 11.6. The molecule has 0 aliphatic carbocycles. The Labute approximate surface area is 263 Å². The maximum atomic E-state index is 12.0. The molecule has 1 aliphatic heterocycles. The quantitative estimate of drug-likeness (QED) is 0.109. The molecule has 10 nitrogen and oxygen atoms in total. The maximum absolute atomic E-state index is 12.0. The van der Waals surface area contributed by atoms with E-state index in [2.05, 4.69) is 0 Å². The minimum Gasteiger partial charge on any atom is -0.748 e. The fourth-order valence-electron chi connectivity index (χ4n) is 4.88. The van der Waals surface area contributed by atoms with Crippen LogP contribution >= 0.6 is 0 Å². The van der Waals surface area contributed by atoms with E-state index in [1.165, 1.54) is 18.2 Å². The van der Waals surface area contributed by atoms with Crippen molar-refractivity contribution in [2.75, 3.05) is 18.9 Å². The minimum atomic E-state index is -4.76. The molecule has 3 rings (SSSR count). The van der Waals surface area contributed by atoms with Gasteiger partial charge in [0.05, 0.1) is 27.0 Å². The summed E-state index contributed by atoms with van der Waals surface area (Å²) in [5.74, 6) is -0.947. The zero-order chi connectivity index (χ0) is 29.6. The molecule has 41 heavy (non-hydrogen) atoms. The van der Waals surface area contributed by atoms with Gasteiger partial charge in [0.2, 0.25) is 5.69 Å². The van der Waals surface area contributed by atoms with E-state index in [0.717, 1.165) is 5.56 Å². The van der Waals surface area contributed by atoms with Crippen LogP contribution in [-0.4, -0.2) is 61.1 Å². The molecule has 0 spiro atoms. The molecule has 1 unspecified atom stereocenters. The van der Waals surface area contributed by atoms with Crippen LogP contribution in [0.5, 0.6) is 0 Å². The van der Waals surface area contributed by atoms with Crippen LogP contribution in [0.1, 0.15) is 50.7 Å². The van der Waals surface area contributed by atoms with E-state index in [4.69, 9.17) is 10.5 Å². The topological polar surface area (TPSA) is 170 Å². The number of carbonyl (C=O) groups excluding carboxylic acids is 1. The Balaban J connectivity index is 0.00000588. The Morgan fingerprint density at radius 2 is 1.76 bits per heavy atom. The van der Waals surface area contributed by atoms with Crippen molar-refractivity contribution < 1.29 is 69.6 Å². The second kappa shape index (κ2) is 14.7. The van der Waals surface area contributed by atoms with Crippen molar-refractivity contribution in [3.05, 3.63) is 77.9 Å². The van der Waals surface area contributed by atoms with E-state index >= 15 is 0 Å². The average molecular weight is 613 g/mol. The Morgan fingerprint density at radius 3 is 2.37 bits per heavy atom. The van der Waals surface area contributed by atoms with Gasteiger partial charge in [-0.25, -0.2) is 16.8 Å². The predicted octanol–water partition coefficient (Wildman–Crippen LogP) is 0.176. The minimum absolute atomic E-state index is 0. The molecule has 13 heteroatoms. The Hall–Kier alpha value is -2.32. The van der Waals surface area contributed by atoms with Gasteiger partial charge in [-0.1, -0.05) is 36.4 Å². The first-order chi connectivity index (χ1) is 18.8. The third kappa shape index (κ3) is 9.34. The molecule has 0 amide bonds. The number of fused-ring (bicyclic) bond motifs is 1. The van der Waals surface area contributed by atoms with E-state index in [1.54, 1.807) is 25.2 Å². The molecule has 0 radical (unpaired) electrons. The van der Waals surface area contributed by atoms with Crippen molar-refractivity contribution in [2.24, 2.45) is 5.73 Å². The van der Waals surface area contributed by atoms with Crippen LogP contribution in [0.3, 0.4) is 0 Å². The van der Waals surface area contributed by atoms with E-state index < -0.39 is 36.3 Å². The van der Waals surface area contributed by atoms with Gasteiger partial charge in [-0.3, -0.25) is 4.79 Å². The van der Waals surface area contributed by atoms with Gasteiger partial charge in [0.1, 0.15) is 16.7 Å². The number of rotatable bonds is 13. The summed E-state index contributed by atoms with van der Waals surface area (Å²) >= 11 is 0. The number of hydrogen-bond acceptors (Lipinski definition) is 9. The van der Waals surface area contributed by atoms with Crippen molar-refractivity contribution in [2.45, 2.75) is 49.8 Å². The first kappa shape index (κ1) is 34.9. The van der Waals surface area contributed by atoms with Gasteiger partial charge in [-0.15, -0.1) is 0 Å². The Bertz CT molecular complexity index is 1550. The number of nitrogens with two attached hydrogens (primary N) is 1. The number of benzene rings is 2. The number of carbonyl (C=O) groups is 1. The average Bonchev–Trinajstić information content (AvgIpc) is 3.10. The standard InChI is InChI=1S/C28H34N2O8S2.Na/c1-3-38-27(31)14-8-17-28(2)23-20-22(40(35,36)37)15-16-25(23)30(18-9-19-39(32,33)34)26(28)13-7-12-24(29)21-10-5-4-6-11-21;/h4-7,10-13,15-16,20,29H,3,8-9,14,17-19H2,1-2H3,(H2,32,33,34,35,36,37);/q;+1/p-1. The number of nitrogens with zero attached hydrogens (tertiary/aromatic N) is 1. The van der Waals surface area contributed by atoms with Crippen LogP contribution in [0.2, 0.25) is 0 Å². The van der Waals surface area contributed by atoms with Crippen LogP contribution in [-0.2, 0) is 35.2 Å². The van der Waals surface area contributed by atoms with Gasteiger partial charge in [0.25, 0.3) is 0 Å². The van der Waals surface area contributed by atoms with Crippen LogP contribution in [0.15, 0.2) is 71.7 Å².